The van der Waals surface area contributed by atoms with Crippen molar-refractivity contribution in [2.45, 2.75) is 458 Å². The van der Waals surface area contributed by atoms with E-state index in [1.165, 1.54) is 257 Å². The summed E-state index contributed by atoms with van der Waals surface area (Å²) in [5.41, 5.74) is 0. The number of hydrogen-bond acceptors (Lipinski definition) is 15. The first-order chi connectivity index (χ1) is 49.4. The lowest BCUT2D eigenvalue weighted by Crippen LogP contribution is -2.30. The first-order valence-corrected chi connectivity index (χ1v) is 46.0. The maximum atomic E-state index is 13.1. The molecule has 606 valence electrons. The Hall–Kier alpha value is -1.94. The summed E-state index contributed by atoms with van der Waals surface area (Å²) in [6, 6.07) is 0. The van der Waals surface area contributed by atoms with Crippen molar-refractivity contribution >= 4 is 39.5 Å². The van der Waals surface area contributed by atoms with E-state index in [4.69, 9.17) is 37.0 Å². The minimum Gasteiger partial charge on any atom is -0.462 e. The molecular formula is C83H162O17P2. The molecule has 0 fully saturated rings. The molecule has 0 aromatic carbocycles. The summed E-state index contributed by atoms with van der Waals surface area (Å²) in [5, 5.41) is 10.7. The summed E-state index contributed by atoms with van der Waals surface area (Å²) < 4.78 is 68.8. The number of unbranched alkanes of at least 4 members (excludes halogenated alkanes) is 52. The number of carbonyl (C=O) groups excluding carboxylic acids is 4. The molecule has 0 aromatic heterocycles. The monoisotopic (exact) mass is 1490 g/mol. The molecular weight excluding hydrogens is 1330 g/mol. The fourth-order valence-electron chi connectivity index (χ4n) is 12.9. The van der Waals surface area contributed by atoms with Crippen molar-refractivity contribution in [1.29, 1.82) is 0 Å². The summed E-state index contributed by atoms with van der Waals surface area (Å²) >= 11 is 0. The number of ether oxygens (including phenoxy) is 4. The molecule has 19 heteroatoms. The summed E-state index contributed by atoms with van der Waals surface area (Å²) in [4.78, 5) is 73.1. The maximum absolute atomic E-state index is 13.1. The molecule has 0 radical (unpaired) electrons. The van der Waals surface area contributed by atoms with Gasteiger partial charge in [-0.2, -0.15) is 0 Å². The van der Waals surface area contributed by atoms with E-state index in [9.17, 15) is 43.2 Å². The molecule has 0 aliphatic rings. The van der Waals surface area contributed by atoms with E-state index in [-0.39, 0.29) is 25.7 Å². The molecule has 0 rings (SSSR count). The molecule has 0 aromatic rings. The molecule has 102 heavy (non-hydrogen) atoms. The van der Waals surface area contributed by atoms with E-state index in [2.05, 4.69) is 41.5 Å². The Morgan fingerprint density at radius 2 is 0.451 bits per heavy atom. The van der Waals surface area contributed by atoms with Crippen LogP contribution in [0, 0.1) is 11.8 Å². The minimum atomic E-state index is -4.96. The van der Waals surface area contributed by atoms with Gasteiger partial charge in [0.15, 0.2) is 12.2 Å². The fraction of sp³-hybridized carbons (Fsp3) is 0.952. The minimum absolute atomic E-state index is 0.106. The molecule has 2 unspecified atom stereocenters. The molecule has 5 atom stereocenters. The lowest BCUT2D eigenvalue weighted by molar-refractivity contribution is -0.161. The highest BCUT2D eigenvalue weighted by atomic mass is 31.2. The third-order valence-electron chi connectivity index (χ3n) is 19.5. The van der Waals surface area contributed by atoms with Gasteiger partial charge in [0, 0.05) is 25.7 Å². The van der Waals surface area contributed by atoms with Gasteiger partial charge in [0.1, 0.15) is 19.3 Å². The standard InChI is InChI=1S/C83H162O17P2/c1-7-9-11-13-15-17-19-20-21-22-23-24-28-31-35-42-48-54-60-66-81(86)94-72-78(99-82(87)67-61-55-49-43-36-32-29-26-25-27-30-34-39-45-51-57-63-75(3)4)73-97-101(89,90)95-69-77(84)70-96-102(91,92)98-74-79(71-93-80(85)65-59-53-47-41-33-18-16-14-12-10-8-2)100-83(88)68-62-56-50-44-38-37-40-46-52-58-64-76(5)6/h75-79,84H,7-74H2,1-6H3,(H,89,90)(H,91,92)/t77-,78-,79-/m1/s1. The SMILES string of the molecule is CCCCCCCCCCCCCCCCCCCCCC(=O)OC[C@H](COP(=O)(O)OC[C@@H](O)COP(=O)(O)OC[C@@H](COC(=O)CCCCCCCCCCCCC)OC(=O)CCCCCCCCCCCCC(C)C)OC(=O)CCCCCCCCCCCCCCCCCCC(C)C. The Bertz CT molecular complexity index is 1960. The van der Waals surface area contributed by atoms with E-state index >= 15 is 0 Å². The van der Waals surface area contributed by atoms with Gasteiger partial charge in [-0.15, -0.1) is 0 Å². The largest absolute Gasteiger partial charge is 0.472 e. The summed E-state index contributed by atoms with van der Waals surface area (Å²) in [6.45, 7) is 9.67. The van der Waals surface area contributed by atoms with Crippen molar-refractivity contribution in [3.05, 3.63) is 0 Å². The zero-order valence-corrected chi connectivity index (χ0v) is 68.7. The van der Waals surface area contributed by atoms with Crippen molar-refractivity contribution in [1.82, 2.24) is 0 Å². The number of phosphoric ester groups is 2. The van der Waals surface area contributed by atoms with Crippen molar-refractivity contribution in [3.63, 3.8) is 0 Å². The Kier molecular flexibility index (Phi) is 73.1. The number of aliphatic hydroxyl groups excluding tert-OH is 1. The Morgan fingerprint density at radius 1 is 0.265 bits per heavy atom. The highest BCUT2D eigenvalue weighted by Crippen LogP contribution is 2.45. The van der Waals surface area contributed by atoms with Crippen LogP contribution in [-0.4, -0.2) is 96.7 Å². The number of carbonyl (C=O) groups is 4. The van der Waals surface area contributed by atoms with E-state index < -0.39 is 97.5 Å². The highest BCUT2D eigenvalue weighted by Gasteiger charge is 2.30. The Morgan fingerprint density at radius 3 is 0.667 bits per heavy atom. The topological polar surface area (TPSA) is 237 Å². The second kappa shape index (κ2) is 74.5. The van der Waals surface area contributed by atoms with Crippen LogP contribution in [0.15, 0.2) is 0 Å². The second-order valence-electron chi connectivity index (χ2n) is 30.8. The van der Waals surface area contributed by atoms with Crippen LogP contribution in [0.25, 0.3) is 0 Å². The molecule has 0 aliphatic carbocycles. The van der Waals surface area contributed by atoms with Crippen molar-refractivity contribution in [2.75, 3.05) is 39.6 Å². The molecule has 0 saturated heterocycles. The van der Waals surface area contributed by atoms with Crippen LogP contribution in [0.3, 0.4) is 0 Å². The molecule has 0 amide bonds. The number of aliphatic hydroxyl groups is 1. The van der Waals surface area contributed by atoms with Gasteiger partial charge in [-0.25, -0.2) is 9.13 Å². The Balaban J connectivity index is 5.23. The first kappa shape index (κ1) is 100. The van der Waals surface area contributed by atoms with Crippen molar-refractivity contribution in [2.24, 2.45) is 11.8 Å². The number of esters is 4. The average Bonchev–Trinajstić information content (AvgIpc) is 0.937. The van der Waals surface area contributed by atoms with E-state index in [0.717, 1.165) is 102 Å². The van der Waals surface area contributed by atoms with Gasteiger partial charge in [0.25, 0.3) is 0 Å². The highest BCUT2D eigenvalue weighted by molar-refractivity contribution is 7.47. The van der Waals surface area contributed by atoms with Crippen LogP contribution in [0.5, 0.6) is 0 Å². The third kappa shape index (κ3) is 76.3. The van der Waals surface area contributed by atoms with Crippen LogP contribution in [0.1, 0.15) is 440 Å². The predicted molar refractivity (Wildman–Crippen MR) is 418 cm³/mol. The summed E-state index contributed by atoms with van der Waals surface area (Å²) in [6.07, 6.45) is 65.2. The molecule has 3 N–H and O–H groups in total. The van der Waals surface area contributed by atoms with Gasteiger partial charge in [-0.1, -0.05) is 388 Å². The predicted octanol–water partition coefficient (Wildman–Crippen LogP) is 25.1. The maximum Gasteiger partial charge on any atom is 0.472 e. The first-order valence-electron chi connectivity index (χ1n) is 43.0. The molecule has 0 bridgehead atoms. The number of rotatable bonds is 82. The van der Waals surface area contributed by atoms with Crippen LogP contribution >= 0.6 is 15.6 Å². The van der Waals surface area contributed by atoms with Crippen LogP contribution in [0.4, 0.5) is 0 Å². The lowest BCUT2D eigenvalue weighted by Gasteiger charge is -2.21. The van der Waals surface area contributed by atoms with Gasteiger partial charge >= 0.3 is 39.5 Å². The molecule has 0 heterocycles. The summed E-state index contributed by atoms with van der Waals surface area (Å²) in [5.74, 6) is -0.544. The molecule has 0 aliphatic heterocycles. The molecule has 0 spiro atoms. The number of phosphoric acid groups is 2. The lowest BCUT2D eigenvalue weighted by atomic mass is 10.0. The van der Waals surface area contributed by atoms with Gasteiger partial charge in [0.05, 0.1) is 26.4 Å². The van der Waals surface area contributed by atoms with Gasteiger partial charge in [-0.05, 0) is 37.5 Å². The van der Waals surface area contributed by atoms with E-state index in [1.54, 1.807) is 0 Å². The zero-order valence-electron chi connectivity index (χ0n) is 66.9. The normalized spacial score (nSPS) is 13.9. The summed E-state index contributed by atoms with van der Waals surface area (Å²) in [7, 11) is -9.92. The van der Waals surface area contributed by atoms with E-state index in [1.807, 2.05) is 0 Å². The van der Waals surface area contributed by atoms with Crippen molar-refractivity contribution < 1.29 is 80.2 Å². The quantitative estimate of drug-likeness (QED) is 0.0222. The average molecular weight is 1490 g/mol. The van der Waals surface area contributed by atoms with Gasteiger partial charge in [-0.3, -0.25) is 37.3 Å². The zero-order chi connectivity index (χ0) is 74.9. The van der Waals surface area contributed by atoms with Crippen LogP contribution < -0.4 is 0 Å². The second-order valence-corrected chi connectivity index (χ2v) is 33.7. The van der Waals surface area contributed by atoms with Crippen molar-refractivity contribution in [3.8, 4) is 0 Å². The van der Waals surface area contributed by atoms with E-state index in [0.29, 0.717) is 25.7 Å². The number of hydrogen-bond donors (Lipinski definition) is 3. The Labute approximate surface area is 626 Å². The van der Waals surface area contributed by atoms with Crippen LogP contribution in [0.2, 0.25) is 0 Å². The van der Waals surface area contributed by atoms with Crippen LogP contribution in [-0.2, 0) is 65.4 Å². The van der Waals surface area contributed by atoms with Gasteiger partial charge < -0.3 is 33.8 Å². The smallest absolute Gasteiger partial charge is 0.462 e. The molecule has 17 nitrogen and oxygen atoms in total. The van der Waals surface area contributed by atoms with Gasteiger partial charge in [0.2, 0.25) is 0 Å². The molecule has 0 saturated carbocycles. The third-order valence-corrected chi connectivity index (χ3v) is 21.4. The fourth-order valence-corrected chi connectivity index (χ4v) is 14.5.